The first-order chi connectivity index (χ1) is 8.86. The van der Waals surface area contributed by atoms with Crippen LogP contribution in [0.4, 0.5) is 5.82 Å². The number of rotatable bonds is 5. The molecule has 0 bridgehead atoms. The molecule has 2 aromatic heterocycles. The molecular weight excluding hydrogens is 242 g/mol. The molecule has 0 aliphatic heterocycles. The molecule has 1 unspecified atom stereocenters. The summed E-state index contributed by atoms with van der Waals surface area (Å²) in [5, 5.41) is 5.63. The summed E-state index contributed by atoms with van der Waals surface area (Å²) >= 11 is 1.79. The Kier molecular flexibility index (Phi) is 3.28. The van der Waals surface area contributed by atoms with Crippen molar-refractivity contribution in [1.82, 2.24) is 9.97 Å². The van der Waals surface area contributed by atoms with E-state index >= 15 is 0 Å². The van der Waals surface area contributed by atoms with E-state index in [0.29, 0.717) is 12.0 Å². The average Bonchev–Trinajstić information content (AvgIpc) is 3.12. The second-order valence-electron chi connectivity index (χ2n) is 4.69. The maximum atomic E-state index is 4.61. The van der Waals surface area contributed by atoms with Gasteiger partial charge in [-0.05, 0) is 36.8 Å². The lowest BCUT2D eigenvalue weighted by atomic mass is 10.2. The van der Waals surface area contributed by atoms with Crippen LogP contribution in [-0.4, -0.2) is 9.97 Å². The van der Waals surface area contributed by atoms with Crippen LogP contribution < -0.4 is 5.32 Å². The third-order valence-electron chi connectivity index (χ3n) is 3.23. The predicted molar refractivity (Wildman–Crippen MR) is 75.0 cm³/mol. The van der Waals surface area contributed by atoms with Crippen LogP contribution >= 0.6 is 11.3 Å². The molecular formula is C14H17N3S. The Morgan fingerprint density at radius 1 is 1.44 bits per heavy atom. The maximum absolute atomic E-state index is 4.61. The smallest absolute Gasteiger partial charge is 0.133 e. The summed E-state index contributed by atoms with van der Waals surface area (Å²) < 4.78 is 0. The van der Waals surface area contributed by atoms with Crippen molar-refractivity contribution in [2.45, 2.75) is 38.1 Å². The molecule has 0 saturated heterocycles. The SMILES string of the molecule is CCC(Nc1ccnc(C2CC2)n1)c1cccs1. The highest BCUT2D eigenvalue weighted by molar-refractivity contribution is 7.10. The molecule has 2 aromatic rings. The molecule has 0 aromatic carbocycles. The van der Waals surface area contributed by atoms with E-state index in [1.54, 1.807) is 11.3 Å². The van der Waals surface area contributed by atoms with Crippen LogP contribution in [0.1, 0.15) is 48.8 Å². The van der Waals surface area contributed by atoms with Crippen LogP contribution in [0.25, 0.3) is 0 Å². The summed E-state index contributed by atoms with van der Waals surface area (Å²) in [6.45, 7) is 2.19. The molecule has 0 radical (unpaired) electrons. The largest absolute Gasteiger partial charge is 0.362 e. The zero-order valence-corrected chi connectivity index (χ0v) is 11.3. The van der Waals surface area contributed by atoms with Crippen molar-refractivity contribution < 1.29 is 0 Å². The van der Waals surface area contributed by atoms with Gasteiger partial charge in [-0.3, -0.25) is 0 Å². The van der Waals surface area contributed by atoms with E-state index in [-0.39, 0.29) is 0 Å². The summed E-state index contributed by atoms with van der Waals surface area (Å²) in [6.07, 6.45) is 5.41. The monoisotopic (exact) mass is 259 g/mol. The number of thiophene rings is 1. The molecule has 1 atom stereocenters. The molecule has 4 heteroatoms. The number of aromatic nitrogens is 2. The molecule has 1 aliphatic carbocycles. The minimum Gasteiger partial charge on any atom is -0.362 e. The first kappa shape index (κ1) is 11.7. The normalized spacial score (nSPS) is 16.5. The number of nitrogens with zero attached hydrogens (tertiary/aromatic N) is 2. The second kappa shape index (κ2) is 5.06. The van der Waals surface area contributed by atoms with Gasteiger partial charge < -0.3 is 5.32 Å². The lowest BCUT2D eigenvalue weighted by Crippen LogP contribution is -2.10. The van der Waals surface area contributed by atoms with Gasteiger partial charge in [0, 0.05) is 17.0 Å². The standard InChI is InChI=1S/C14H17N3S/c1-2-11(12-4-3-9-18-12)16-13-7-8-15-14(17-13)10-5-6-10/h3-4,7-11H,2,5-6H2,1H3,(H,15,16,17). The first-order valence-electron chi connectivity index (χ1n) is 6.49. The zero-order valence-electron chi connectivity index (χ0n) is 10.5. The highest BCUT2D eigenvalue weighted by Crippen LogP contribution is 2.38. The molecule has 1 aliphatic rings. The van der Waals surface area contributed by atoms with Gasteiger partial charge in [0.1, 0.15) is 11.6 Å². The summed E-state index contributed by atoms with van der Waals surface area (Å²) in [4.78, 5) is 10.3. The van der Waals surface area contributed by atoms with E-state index in [9.17, 15) is 0 Å². The van der Waals surface area contributed by atoms with E-state index in [4.69, 9.17) is 0 Å². The quantitative estimate of drug-likeness (QED) is 0.882. The molecule has 1 saturated carbocycles. The Bertz CT molecular complexity index is 506. The first-order valence-corrected chi connectivity index (χ1v) is 7.37. The van der Waals surface area contributed by atoms with Crippen molar-refractivity contribution in [2.75, 3.05) is 5.32 Å². The number of nitrogens with one attached hydrogen (secondary N) is 1. The van der Waals surface area contributed by atoms with E-state index in [1.165, 1.54) is 17.7 Å². The van der Waals surface area contributed by atoms with Gasteiger partial charge in [-0.15, -0.1) is 11.3 Å². The predicted octanol–water partition coefficient (Wildman–Crippen LogP) is 3.98. The summed E-state index contributed by atoms with van der Waals surface area (Å²) in [6, 6.07) is 6.59. The third-order valence-corrected chi connectivity index (χ3v) is 4.22. The van der Waals surface area contributed by atoms with Crippen LogP contribution in [0.5, 0.6) is 0 Å². The van der Waals surface area contributed by atoms with Gasteiger partial charge in [0.2, 0.25) is 0 Å². The molecule has 18 heavy (non-hydrogen) atoms. The van der Waals surface area contributed by atoms with Crippen LogP contribution in [0.3, 0.4) is 0 Å². The van der Waals surface area contributed by atoms with Gasteiger partial charge in [-0.1, -0.05) is 13.0 Å². The highest BCUT2D eigenvalue weighted by Gasteiger charge is 2.26. The molecule has 1 fully saturated rings. The fourth-order valence-corrected chi connectivity index (χ4v) is 2.90. The third kappa shape index (κ3) is 2.53. The van der Waals surface area contributed by atoms with Crippen LogP contribution in [-0.2, 0) is 0 Å². The number of hydrogen-bond donors (Lipinski definition) is 1. The van der Waals surface area contributed by atoms with Gasteiger partial charge in [0.25, 0.3) is 0 Å². The highest BCUT2D eigenvalue weighted by atomic mass is 32.1. The van der Waals surface area contributed by atoms with Gasteiger partial charge in [-0.25, -0.2) is 9.97 Å². The van der Waals surface area contributed by atoms with E-state index in [0.717, 1.165) is 18.1 Å². The Hall–Kier alpha value is -1.42. The van der Waals surface area contributed by atoms with Gasteiger partial charge in [0.05, 0.1) is 6.04 Å². The second-order valence-corrected chi connectivity index (χ2v) is 5.67. The van der Waals surface area contributed by atoms with Crippen LogP contribution in [0.2, 0.25) is 0 Å². The zero-order chi connectivity index (χ0) is 12.4. The van der Waals surface area contributed by atoms with Crippen molar-refractivity contribution in [3.05, 3.63) is 40.5 Å². The molecule has 0 spiro atoms. The topological polar surface area (TPSA) is 37.8 Å². The van der Waals surface area contributed by atoms with Gasteiger partial charge in [0.15, 0.2) is 0 Å². The lowest BCUT2D eigenvalue weighted by molar-refractivity contribution is 0.754. The van der Waals surface area contributed by atoms with E-state index in [2.05, 4.69) is 39.7 Å². The fraction of sp³-hybridized carbons (Fsp3) is 0.429. The Morgan fingerprint density at radius 2 is 2.33 bits per heavy atom. The van der Waals surface area contributed by atoms with Crippen molar-refractivity contribution in [1.29, 1.82) is 0 Å². The maximum Gasteiger partial charge on any atom is 0.133 e. The summed E-state index contributed by atoms with van der Waals surface area (Å²) in [5.41, 5.74) is 0. The van der Waals surface area contributed by atoms with Crippen molar-refractivity contribution in [3.63, 3.8) is 0 Å². The van der Waals surface area contributed by atoms with Crippen LogP contribution in [0, 0.1) is 0 Å². The van der Waals surface area contributed by atoms with Crippen molar-refractivity contribution in [3.8, 4) is 0 Å². The van der Waals surface area contributed by atoms with Crippen molar-refractivity contribution in [2.24, 2.45) is 0 Å². The Balaban J connectivity index is 1.76. The molecule has 94 valence electrons. The molecule has 1 N–H and O–H groups in total. The summed E-state index contributed by atoms with van der Waals surface area (Å²) in [5.74, 6) is 2.56. The summed E-state index contributed by atoms with van der Waals surface area (Å²) in [7, 11) is 0. The minimum atomic E-state index is 0.354. The van der Waals surface area contributed by atoms with E-state index in [1.807, 2.05) is 12.3 Å². The Labute approximate surface area is 111 Å². The lowest BCUT2D eigenvalue weighted by Gasteiger charge is -2.16. The van der Waals surface area contributed by atoms with Gasteiger partial charge in [-0.2, -0.15) is 0 Å². The molecule has 3 nitrogen and oxygen atoms in total. The molecule has 0 amide bonds. The van der Waals surface area contributed by atoms with E-state index < -0.39 is 0 Å². The van der Waals surface area contributed by atoms with Gasteiger partial charge >= 0.3 is 0 Å². The average molecular weight is 259 g/mol. The minimum absolute atomic E-state index is 0.354. The number of hydrogen-bond acceptors (Lipinski definition) is 4. The molecule has 2 heterocycles. The van der Waals surface area contributed by atoms with Crippen LogP contribution in [0.15, 0.2) is 29.8 Å². The van der Waals surface area contributed by atoms with Crippen molar-refractivity contribution >= 4 is 17.2 Å². The molecule has 3 rings (SSSR count). The Morgan fingerprint density at radius 3 is 3.00 bits per heavy atom. The number of anilines is 1. The fourth-order valence-electron chi connectivity index (χ4n) is 2.03.